The van der Waals surface area contributed by atoms with E-state index in [4.69, 9.17) is 0 Å². The summed E-state index contributed by atoms with van der Waals surface area (Å²) in [5.74, 6) is -0.0508. The number of amides is 1. The molecular formula is C18H20N4O2. The number of imidazole rings is 1. The van der Waals surface area contributed by atoms with Gasteiger partial charge in [0, 0.05) is 24.5 Å². The summed E-state index contributed by atoms with van der Waals surface area (Å²) in [6, 6.07) is 9.09. The second-order valence-corrected chi connectivity index (χ2v) is 5.64. The lowest BCUT2D eigenvalue weighted by atomic mass is 10.0. The van der Waals surface area contributed by atoms with Crippen LogP contribution in [0.15, 0.2) is 47.5 Å². The number of aromatic nitrogens is 3. The fourth-order valence-corrected chi connectivity index (χ4v) is 3.06. The quantitative estimate of drug-likeness (QED) is 0.757. The molecule has 1 aromatic carbocycles. The lowest BCUT2D eigenvalue weighted by molar-refractivity contribution is 0.0683. The molecule has 2 aromatic heterocycles. The summed E-state index contributed by atoms with van der Waals surface area (Å²) >= 11 is 0. The van der Waals surface area contributed by atoms with Gasteiger partial charge in [-0.05, 0) is 49.2 Å². The third-order valence-electron chi connectivity index (χ3n) is 4.22. The highest BCUT2D eigenvalue weighted by Crippen LogP contribution is 2.25. The predicted octanol–water partition coefficient (Wildman–Crippen LogP) is 2.86. The van der Waals surface area contributed by atoms with Gasteiger partial charge in [-0.2, -0.15) is 0 Å². The van der Waals surface area contributed by atoms with E-state index in [9.17, 15) is 9.59 Å². The fraction of sp³-hybridized carbons (Fsp3) is 0.278. The van der Waals surface area contributed by atoms with Gasteiger partial charge in [0.15, 0.2) is 0 Å². The van der Waals surface area contributed by atoms with E-state index in [1.807, 2.05) is 24.0 Å². The van der Waals surface area contributed by atoms with Crippen molar-refractivity contribution in [1.29, 1.82) is 0 Å². The van der Waals surface area contributed by atoms with Crippen LogP contribution in [0.5, 0.6) is 0 Å². The Balaban J connectivity index is 1.96. The molecule has 0 spiro atoms. The highest BCUT2D eigenvalue weighted by molar-refractivity contribution is 5.97. The number of carbonyl (C=O) groups is 1. The van der Waals surface area contributed by atoms with Crippen molar-refractivity contribution in [1.82, 2.24) is 19.9 Å². The minimum Gasteiger partial charge on any atom is -0.332 e. The van der Waals surface area contributed by atoms with Crippen molar-refractivity contribution in [3.63, 3.8) is 0 Å². The lowest BCUT2D eigenvalue weighted by Gasteiger charge is -2.30. The summed E-state index contributed by atoms with van der Waals surface area (Å²) in [6.45, 7) is 4.63. The van der Waals surface area contributed by atoms with Crippen LogP contribution in [0.2, 0.25) is 0 Å². The molecule has 124 valence electrons. The van der Waals surface area contributed by atoms with E-state index >= 15 is 0 Å². The van der Waals surface area contributed by atoms with Gasteiger partial charge in [0.05, 0.1) is 17.1 Å². The maximum atomic E-state index is 13.0. The standard InChI is InChI=1S/C18H20N4O2/c1-3-16(12-7-9-19-10-8-12)22(4-2)17(23)13-5-6-14-15(11-13)21-18(24)20-14/h5-11,16H,3-4H2,1-2H3,(H2,20,21,24)/t16-/m1/s1. The van der Waals surface area contributed by atoms with E-state index in [1.165, 1.54) is 0 Å². The van der Waals surface area contributed by atoms with Crippen molar-refractivity contribution in [3.05, 3.63) is 64.3 Å². The Hall–Kier alpha value is -2.89. The van der Waals surface area contributed by atoms with Crippen LogP contribution in [0.3, 0.4) is 0 Å². The maximum Gasteiger partial charge on any atom is 0.323 e. The van der Waals surface area contributed by atoms with Crippen molar-refractivity contribution in [2.24, 2.45) is 0 Å². The van der Waals surface area contributed by atoms with E-state index in [-0.39, 0.29) is 17.6 Å². The smallest absolute Gasteiger partial charge is 0.323 e. The number of nitrogens with one attached hydrogen (secondary N) is 2. The summed E-state index contributed by atoms with van der Waals surface area (Å²) < 4.78 is 0. The largest absolute Gasteiger partial charge is 0.332 e. The molecule has 2 N–H and O–H groups in total. The van der Waals surface area contributed by atoms with E-state index in [2.05, 4.69) is 21.9 Å². The number of aromatic amines is 2. The Labute approximate surface area is 139 Å². The van der Waals surface area contributed by atoms with Crippen molar-refractivity contribution in [2.75, 3.05) is 6.54 Å². The topological polar surface area (TPSA) is 81.8 Å². The molecule has 0 radical (unpaired) electrons. The molecule has 0 saturated heterocycles. The molecule has 1 amide bonds. The molecule has 1 atom stereocenters. The lowest BCUT2D eigenvalue weighted by Crippen LogP contribution is -2.34. The van der Waals surface area contributed by atoms with Gasteiger partial charge in [-0.1, -0.05) is 6.92 Å². The minimum absolute atomic E-state index is 0.00790. The number of carbonyl (C=O) groups excluding carboxylic acids is 1. The average molecular weight is 324 g/mol. The van der Waals surface area contributed by atoms with Crippen LogP contribution in [-0.2, 0) is 0 Å². The highest BCUT2D eigenvalue weighted by atomic mass is 16.2. The zero-order chi connectivity index (χ0) is 17.1. The van der Waals surface area contributed by atoms with Gasteiger partial charge in [-0.15, -0.1) is 0 Å². The third-order valence-corrected chi connectivity index (χ3v) is 4.22. The zero-order valence-corrected chi connectivity index (χ0v) is 13.7. The Kier molecular flexibility index (Phi) is 4.46. The monoisotopic (exact) mass is 324 g/mol. The van der Waals surface area contributed by atoms with Gasteiger partial charge in [0.2, 0.25) is 0 Å². The number of pyridine rings is 1. The number of rotatable bonds is 5. The summed E-state index contributed by atoms with van der Waals surface area (Å²) in [4.78, 5) is 35.7. The summed E-state index contributed by atoms with van der Waals surface area (Å²) in [7, 11) is 0. The Morgan fingerprint density at radius 2 is 1.83 bits per heavy atom. The van der Waals surface area contributed by atoms with Crippen molar-refractivity contribution >= 4 is 16.9 Å². The van der Waals surface area contributed by atoms with Crippen LogP contribution in [0.4, 0.5) is 0 Å². The van der Waals surface area contributed by atoms with Crippen LogP contribution in [0.1, 0.15) is 42.2 Å². The van der Waals surface area contributed by atoms with Crippen LogP contribution >= 0.6 is 0 Å². The van der Waals surface area contributed by atoms with E-state index in [1.54, 1.807) is 30.6 Å². The first-order valence-corrected chi connectivity index (χ1v) is 8.07. The molecular weight excluding hydrogens is 304 g/mol. The molecule has 3 aromatic rings. The maximum absolute atomic E-state index is 13.0. The molecule has 0 aliphatic heterocycles. The normalized spacial score (nSPS) is 12.2. The number of H-pyrrole nitrogens is 2. The van der Waals surface area contributed by atoms with E-state index in [0.717, 1.165) is 12.0 Å². The SMILES string of the molecule is CC[C@H](c1ccncc1)N(CC)C(=O)c1ccc2[nH]c(=O)[nH]c2c1. The minimum atomic E-state index is -0.273. The summed E-state index contributed by atoms with van der Waals surface area (Å²) in [6.07, 6.45) is 4.30. The van der Waals surface area contributed by atoms with Crippen LogP contribution < -0.4 is 5.69 Å². The third kappa shape index (κ3) is 2.95. The average Bonchev–Trinajstić information content (AvgIpc) is 2.98. The second kappa shape index (κ2) is 6.70. The molecule has 0 aliphatic carbocycles. The molecule has 0 unspecified atom stereocenters. The van der Waals surface area contributed by atoms with Gasteiger partial charge in [0.1, 0.15) is 0 Å². The molecule has 6 nitrogen and oxygen atoms in total. The fourth-order valence-electron chi connectivity index (χ4n) is 3.06. The number of hydrogen-bond acceptors (Lipinski definition) is 3. The Morgan fingerprint density at radius 1 is 1.12 bits per heavy atom. The number of benzene rings is 1. The summed E-state index contributed by atoms with van der Waals surface area (Å²) in [5, 5.41) is 0. The van der Waals surface area contributed by atoms with Crippen LogP contribution in [0, 0.1) is 0 Å². The van der Waals surface area contributed by atoms with Gasteiger partial charge in [0.25, 0.3) is 5.91 Å². The van der Waals surface area contributed by atoms with Crippen molar-refractivity contribution in [2.45, 2.75) is 26.3 Å². The number of hydrogen-bond donors (Lipinski definition) is 2. The van der Waals surface area contributed by atoms with Gasteiger partial charge in [-0.3, -0.25) is 9.78 Å². The molecule has 3 rings (SSSR count). The summed E-state index contributed by atoms with van der Waals surface area (Å²) in [5.41, 5.74) is 2.69. The zero-order valence-electron chi connectivity index (χ0n) is 13.7. The predicted molar refractivity (Wildman–Crippen MR) is 92.9 cm³/mol. The van der Waals surface area contributed by atoms with E-state index in [0.29, 0.717) is 23.1 Å². The molecule has 6 heteroatoms. The second-order valence-electron chi connectivity index (χ2n) is 5.64. The molecule has 0 fully saturated rings. The molecule has 0 saturated carbocycles. The number of nitrogens with zero attached hydrogens (tertiary/aromatic N) is 2. The number of fused-ring (bicyclic) bond motifs is 1. The first-order chi connectivity index (χ1) is 11.6. The molecule has 0 bridgehead atoms. The van der Waals surface area contributed by atoms with Gasteiger partial charge in [-0.25, -0.2) is 4.79 Å². The van der Waals surface area contributed by atoms with Gasteiger partial charge >= 0.3 is 5.69 Å². The van der Waals surface area contributed by atoms with E-state index < -0.39 is 0 Å². The highest BCUT2D eigenvalue weighted by Gasteiger charge is 2.23. The molecule has 2 heterocycles. The molecule has 0 aliphatic rings. The van der Waals surface area contributed by atoms with Crippen LogP contribution in [-0.4, -0.2) is 32.3 Å². The van der Waals surface area contributed by atoms with Crippen molar-refractivity contribution in [3.8, 4) is 0 Å². The van der Waals surface area contributed by atoms with Gasteiger partial charge < -0.3 is 14.9 Å². The van der Waals surface area contributed by atoms with Crippen LogP contribution in [0.25, 0.3) is 11.0 Å². The Morgan fingerprint density at radius 3 is 2.50 bits per heavy atom. The Bertz CT molecular complexity index is 898. The first kappa shape index (κ1) is 16.0. The van der Waals surface area contributed by atoms with Crippen molar-refractivity contribution < 1.29 is 4.79 Å². The molecule has 24 heavy (non-hydrogen) atoms. The first-order valence-electron chi connectivity index (χ1n) is 8.07.